The molecular formula is C7H6BrNO2S. The van der Waals surface area contributed by atoms with Gasteiger partial charge >= 0.3 is 0 Å². The monoisotopic (exact) mass is 247 g/mol. The molecule has 12 heavy (non-hydrogen) atoms. The summed E-state index contributed by atoms with van der Waals surface area (Å²) in [5, 5.41) is 10.5. The van der Waals surface area contributed by atoms with Gasteiger partial charge in [-0.25, -0.2) is 0 Å². The van der Waals surface area contributed by atoms with Crippen LogP contribution in [0.25, 0.3) is 0 Å². The number of halogens is 1. The van der Waals surface area contributed by atoms with Crippen LogP contribution < -0.4 is 0 Å². The van der Waals surface area contributed by atoms with E-state index in [4.69, 9.17) is 0 Å². The maximum absolute atomic E-state index is 10.5. The summed E-state index contributed by atoms with van der Waals surface area (Å²) in [6.45, 7) is 0. The molecule has 0 fully saturated rings. The number of hydrogen-bond acceptors (Lipinski definition) is 3. The van der Waals surface area contributed by atoms with Gasteiger partial charge in [0, 0.05) is 10.5 Å². The Kier molecular flexibility index (Phi) is 3.11. The average molecular weight is 248 g/mol. The maximum atomic E-state index is 10.5. The third-order valence-corrected chi connectivity index (χ3v) is 2.60. The van der Waals surface area contributed by atoms with Crippen LogP contribution in [0.2, 0.25) is 0 Å². The van der Waals surface area contributed by atoms with E-state index in [9.17, 15) is 10.1 Å². The quantitative estimate of drug-likeness (QED) is 0.459. The number of nitro groups is 1. The van der Waals surface area contributed by atoms with Crippen molar-refractivity contribution in [1.82, 2.24) is 0 Å². The Labute approximate surface area is 82.4 Å². The maximum Gasteiger partial charge on any atom is 0.282 e. The van der Waals surface area contributed by atoms with Gasteiger partial charge < -0.3 is 0 Å². The van der Waals surface area contributed by atoms with Crippen LogP contribution in [0.15, 0.2) is 27.6 Å². The zero-order valence-corrected chi connectivity index (χ0v) is 8.68. The van der Waals surface area contributed by atoms with E-state index in [1.165, 1.54) is 17.8 Å². The average Bonchev–Trinajstić information content (AvgIpc) is 2.03. The first-order valence-electron chi connectivity index (χ1n) is 3.13. The smallest absolute Gasteiger partial charge is 0.258 e. The van der Waals surface area contributed by atoms with Gasteiger partial charge in [0.1, 0.15) is 0 Å². The zero-order chi connectivity index (χ0) is 9.14. The minimum Gasteiger partial charge on any atom is -0.258 e. The Hall–Kier alpha value is -0.550. The molecule has 64 valence electrons. The molecule has 0 bridgehead atoms. The molecule has 0 N–H and O–H groups in total. The Balaban J connectivity index is 3.20. The number of hydrogen-bond donors (Lipinski definition) is 0. The summed E-state index contributed by atoms with van der Waals surface area (Å²) < 4.78 is 0.859. The van der Waals surface area contributed by atoms with E-state index in [1.807, 2.05) is 6.26 Å². The molecule has 1 aromatic carbocycles. The molecule has 5 heteroatoms. The molecule has 3 nitrogen and oxygen atoms in total. The van der Waals surface area contributed by atoms with Crippen molar-refractivity contribution in [2.24, 2.45) is 0 Å². The second-order valence-electron chi connectivity index (χ2n) is 2.07. The first kappa shape index (κ1) is 9.54. The minimum absolute atomic E-state index is 0.158. The SMILES string of the molecule is CSc1cc(Br)ccc1[N+](=O)[O-]. The molecule has 0 unspecified atom stereocenters. The second-order valence-corrected chi connectivity index (χ2v) is 3.84. The van der Waals surface area contributed by atoms with Gasteiger partial charge in [0.05, 0.1) is 9.82 Å². The third kappa shape index (κ3) is 1.98. The zero-order valence-electron chi connectivity index (χ0n) is 6.28. The standard InChI is InChI=1S/C7H6BrNO2S/c1-12-7-4-5(8)2-3-6(7)9(10)11/h2-4H,1H3. The van der Waals surface area contributed by atoms with Gasteiger partial charge in [-0.15, -0.1) is 11.8 Å². The highest BCUT2D eigenvalue weighted by molar-refractivity contribution is 9.10. The van der Waals surface area contributed by atoms with Gasteiger partial charge in [0.2, 0.25) is 0 Å². The largest absolute Gasteiger partial charge is 0.282 e. The van der Waals surface area contributed by atoms with Crippen molar-refractivity contribution in [3.63, 3.8) is 0 Å². The predicted octanol–water partition coefficient (Wildman–Crippen LogP) is 3.08. The van der Waals surface area contributed by atoms with E-state index in [1.54, 1.807) is 12.1 Å². The van der Waals surface area contributed by atoms with Gasteiger partial charge in [0.25, 0.3) is 5.69 Å². The highest BCUT2D eigenvalue weighted by Gasteiger charge is 2.11. The summed E-state index contributed by atoms with van der Waals surface area (Å²) in [7, 11) is 0. The number of nitro benzene ring substituents is 1. The van der Waals surface area contributed by atoms with Crippen molar-refractivity contribution in [3.05, 3.63) is 32.8 Å². The minimum atomic E-state index is -0.377. The molecule has 1 aromatic rings. The van der Waals surface area contributed by atoms with E-state index in [0.717, 1.165) is 4.47 Å². The van der Waals surface area contributed by atoms with Crippen molar-refractivity contribution < 1.29 is 4.92 Å². The van der Waals surface area contributed by atoms with Crippen LogP contribution in [-0.4, -0.2) is 11.2 Å². The molecule has 0 aliphatic heterocycles. The summed E-state index contributed by atoms with van der Waals surface area (Å²) in [4.78, 5) is 10.8. The summed E-state index contributed by atoms with van der Waals surface area (Å²) in [6, 6.07) is 4.90. The summed E-state index contributed by atoms with van der Waals surface area (Å²) in [5.74, 6) is 0. The molecule has 0 spiro atoms. The van der Waals surface area contributed by atoms with Crippen LogP contribution in [-0.2, 0) is 0 Å². The van der Waals surface area contributed by atoms with Crippen molar-refractivity contribution in [2.75, 3.05) is 6.26 Å². The van der Waals surface area contributed by atoms with E-state index in [0.29, 0.717) is 4.90 Å². The fraction of sp³-hybridized carbons (Fsp3) is 0.143. The van der Waals surface area contributed by atoms with E-state index in [2.05, 4.69) is 15.9 Å². The van der Waals surface area contributed by atoms with Crippen molar-refractivity contribution >= 4 is 33.4 Å². The van der Waals surface area contributed by atoms with Crippen molar-refractivity contribution in [1.29, 1.82) is 0 Å². The molecule has 0 aromatic heterocycles. The van der Waals surface area contributed by atoms with Gasteiger partial charge in [-0.3, -0.25) is 10.1 Å². The van der Waals surface area contributed by atoms with Crippen molar-refractivity contribution in [2.45, 2.75) is 4.90 Å². The molecule has 1 rings (SSSR count). The Morgan fingerprint density at radius 3 is 2.75 bits per heavy atom. The van der Waals surface area contributed by atoms with Crippen LogP contribution in [0.5, 0.6) is 0 Å². The first-order valence-corrected chi connectivity index (χ1v) is 5.15. The molecule has 0 heterocycles. The molecule has 0 aliphatic rings. The van der Waals surface area contributed by atoms with Gasteiger partial charge in [-0.1, -0.05) is 15.9 Å². The number of rotatable bonds is 2. The Morgan fingerprint density at radius 1 is 1.58 bits per heavy atom. The van der Waals surface area contributed by atoms with Crippen LogP contribution in [0.3, 0.4) is 0 Å². The second kappa shape index (κ2) is 3.91. The van der Waals surface area contributed by atoms with E-state index >= 15 is 0 Å². The lowest BCUT2D eigenvalue weighted by atomic mass is 10.3. The molecular weight excluding hydrogens is 242 g/mol. The number of benzene rings is 1. The summed E-state index contributed by atoms with van der Waals surface area (Å²) in [5.41, 5.74) is 0.158. The Morgan fingerprint density at radius 2 is 2.25 bits per heavy atom. The van der Waals surface area contributed by atoms with Crippen LogP contribution in [0.1, 0.15) is 0 Å². The molecule has 0 amide bonds. The molecule has 0 aliphatic carbocycles. The molecule has 0 atom stereocenters. The van der Waals surface area contributed by atoms with Crippen LogP contribution >= 0.6 is 27.7 Å². The normalized spacial score (nSPS) is 9.83. The molecule has 0 saturated heterocycles. The van der Waals surface area contributed by atoms with Crippen molar-refractivity contribution in [3.8, 4) is 0 Å². The third-order valence-electron chi connectivity index (χ3n) is 1.34. The highest BCUT2D eigenvalue weighted by Crippen LogP contribution is 2.29. The predicted molar refractivity (Wildman–Crippen MR) is 52.6 cm³/mol. The number of thioether (sulfide) groups is 1. The van der Waals surface area contributed by atoms with E-state index in [-0.39, 0.29) is 10.6 Å². The fourth-order valence-corrected chi connectivity index (χ4v) is 1.91. The lowest BCUT2D eigenvalue weighted by Crippen LogP contribution is -1.89. The Bertz CT molecular complexity index is 316. The first-order chi connectivity index (χ1) is 5.65. The lowest BCUT2D eigenvalue weighted by Gasteiger charge is -1.98. The topological polar surface area (TPSA) is 43.1 Å². The van der Waals surface area contributed by atoms with Gasteiger partial charge in [0.15, 0.2) is 0 Å². The van der Waals surface area contributed by atoms with Gasteiger partial charge in [-0.05, 0) is 18.4 Å². The van der Waals surface area contributed by atoms with E-state index < -0.39 is 0 Å². The van der Waals surface area contributed by atoms with Crippen LogP contribution in [0.4, 0.5) is 5.69 Å². The summed E-state index contributed by atoms with van der Waals surface area (Å²) >= 11 is 4.62. The van der Waals surface area contributed by atoms with Gasteiger partial charge in [-0.2, -0.15) is 0 Å². The summed E-state index contributed by atoms with van der Waals surface area (Å²) in [6.07, 6.45) is 1.81. The highest BCUT2D eigenvalue weighted by atomic mass is 79.9. The fourth-order valence-electron chi connectivity index (χ4n) is 0.802. The lowest BCUT2D eigenvalue weighted by molar-refractivity contribution is -0.387. The molecule has 0 saturated carbocycles. The van der Waals surface area contributed by atoms with Crippen LogP contribution in [0, 0.1) is 10.1 Å². The number of nitrogens with zero attached hydrogens (tertiary/aromatic N) is 1. The molecule has 0 radical (unpaired) electrons.